The molecule has 1 fully saturated rings. The van der Waals surface area contributed by atoms with E-state index in [1.165, 1.54) is 51.7 Å². The number of hydrogen-bond donors (Lipinski definition) is 1. The van der Waals surface area contributed by atoms with Crippen LogP contribution in [0.4, 0.5) is 0 Å². The normalized spacial score (nSPS) is 23.6. The lowest BCUT2D eigenvalue weighted by Gasteiger charge is -2.38. The summed E-state index contributed by atoms with van der Waals surface area (Å²) >= 11 is 0. The van der Waals surface area contributed by atoms with Crippen molar-refractivity contribution in [1.29, 1.82) is 0 Å². The molecular weight excluding hydrogens is 442 g/mol. The zero-order valence-electron chi connectivity index (χ0n) is 22.0. The molecule has 0 bridgehead atoms. The largest absolute Gasteiger partial charge is 0.466 e. The Morgan fingerprint density at radius 3 is 2.39 bits per heavy atom. The molecule has 1 aromatic heterocycles. The van der Waals surface area contributed by atoms with Gasteiger partial charge in [-0.2, -0.15) is 0 Å². The second-order valence-corrected chi connectivity index (χ2v) is 11.2. The predicted octanol–water partition coefficient (Wildman–Crippen LogP) is 7.03. The highest BCUT2D eigenvalue weighted by Crippen LogP contribution is 2.50. The maximum atomic E-state index is 6.86. The van der Waals surface area contributed by atoms with Crippen LogP contribution >= 0.6 is 0 Å². The van der Waals surface area contributed by atoms with E-state index in [0.717, 1.165) is 43.3 Å². The first-order valence-corrected chi connectivity index (χ1v) is 13.3. The number of piperidine rings is 1. The quantitative estimate of drug-likeness (QED) is 0.437. The second-order valence-electron chi connectivity index (χ2n) is 11.2. The van der Waals surface area contributed by atoms with Crippen molar-refractivity contribution in [2.45, 2.75) is 52.9 Å². The molecule has 4 nitrogen and oxygen atoms in total. The Bertz CT molecular complexity index is 1420. The van der Waals surface area contributed by atoms with E-state index in [2.05, 4.69) is 91.0 Å². The summed E-state index contributed by atoms with van der Waals surface area (Å²) < 4.78 is 8.39. The average molecular weight is 480 g/mol. The zero-order valence-corrected chi connectivity index (χ0v) is 22.0. The second kappa shape index (κ2) is 8.70. The third kappa shape index (κ3) is 3.70. The van der Waals surface area contributed by atoms with Crippen LogP contribution in [-0.2, 0) is 4.74 Å². The molecule has 3 aliphatic rings. The SMILES string of the molecule is CC1=C(C)C2=C(N)C(C)(CN3CCC(c4cn(-c5ccccc5)c5ccccc45)CC3)CC2=C(C)O1. The van der Waals surface area contributed by atoms with Crippen molar-refractivity contribution in [3.63, 3.8) is 0 Å². The van der Waals surface area contributed by atoms with E-state index in [1.807, 2.05) is 6.92 Å². The number of allylic oxidation sites excluding steroid dienone is 5. The third-order valence-electron chi connectivity index (χ3n) is 8.80. The number of benzene rings is 2. The van der Waals surface area contributed by atoms with Crippen LogP contribution in [0.25, 0.3) is 16.6 Å². The minimum absolute atomic E-state index is 0.0443. The molecule has 6 rings (SSSR count). The first-order valence-electron chi connectivity index (χ1n) is 13.3. The van der Waals surface area contributed by atoms with E-state index in [-0.39, 0.29) is 5.41 Å². The van der Waals surface area contributed by atoms with E-state index < -0.39 is 0 Å². The highest BCUT2D eigenvalue weighted by atomic mass is 16.5. The van der Waals surface area contributed by atoms with Gasteiger partial charge in [0, 0.05) is 46.1 Å². The van der Waals surface area contributed by atoms with E-state index in [9.17, 15) is 0 Å². The van der Waals surface area contributed by atoms with Crippen molar-refractivity contribution in [1.82, 2.24) is 9.47 Å². The summed E-state index contributed by atoms with van der Waals surface area (Å²) in [6.45, 7) is 11.8. The van der Waals surface area contributed by atoms with Gasteiger partial charge >= 0.3 is 0 Å². The van der Waals surface area contributed by atoms with E-state index >= 15 is 0 Å². The summed E-state index contributed by atoms with van der Waals surface area (Å²) in [6.07, 6.45) is 5.71. The fourth-order valence-corrected chi connectivity index (χ4v) is 6.68. The first kappa shape index (κ1) is 23.2. The van der Waals surface area contributed by atoms with Crippen LogP contribution in [0.1, 0.15) is 58.4 Å². The van der Waals surface area contributed by atoms with Crippen LogP contribution in [0.5, 0.6) is 0 Å². The van der Waals surface area contributed by atoms with Gasteiger partial charge in [-0.1, -0.05) is 43.3 Å². The molecule has 2 N–H and O–H groups in total. The third-order valence-corrected chi connectivity index (χ3v) is 8.80. The Balaban J connectivity index is 1.21. The summed E-state index contributed by atoms with van der Waals surface area (Å²) in [7, 11) is 0. The van der Waals surface area contributed by atoms with Crippen LogP contribution < -0.4 is 5.73 Å². The molecule has 0 spiro atoms. The first-order chi connectivity index (χ1) is 17.4. The van der Waals surface area contributed by atoms with Gasteiger partial charge in [0.2, 0.25) is 0 Å². The Kier molecular flexibility index (Phi) is 5.60. The fraction of sp³-hybridized carbons (Fsp3) is 0.375. The molecule has 2 aliphatic heterocycles. The summed E-state index contributed by atoms with van der Waals surface area (Å²) in [6, 6.07) is 19.6. The van der Waals surface area contributed by atoms with Crippen LogP contribution in [0, 0.1) is 5.41 Å². The molecule has 186 valence electrons. The molecule has 4 heteroatoms. The molecule has 0 radical (unpaired) electrons. The van der Waals surface area contributed by atoms with Crippen LogP contribution in [-0.4, -0.2) is 29.1 Å². The lowest BCUT2D eigenvalue weighted by atomic mass is 9.83. The number of likely N-dealkylation sites (tertiary alicyclic amines) is 1. The molecular formula is C32H37N3O. The number of rotatable bonds is 4. The highest BCUT2D eigenvalue weighted by molar-refractivity contribution is 5.86. The topological polar surface area (TPSA) is 43.4 Å². The Morgan fingerprint density at radius 2 is 1.64 bits per heavy atom. The van der Waals surface area contributed by atoms with Gasteiger partial charge < -0.3 is 19.9 Å². The average Bonchev–Trinajstić information content (AvgIpc) is 3.40. The summed E-state index contributed by atoms with van der Waals surface area (Å²) in [5, 5.41) is 1.39. The molecule has 1 aliphatic carbocycles. The molecule has 3 heterocycles. The molecule has 1 unspecified atom stereocenters. The Morgan fingerprint density at radius 1 is 0.944 bits per heavy atom. The molecule has 2 aromatic carbocycles. The molecule has 1 saturated heterocycles. The summed E-state index contributed by atoms with van der Waals surface area (Å²) in [4.78, 5) is 2.64. The molecule has 0 saturated carbocycles. The molecule has 36 heavy (non-hydrogen) atoms. The number of ether oxygens (including phenoxy) is 1. The van der Waals surface area contributed by atoms with Crippen molar-refractivity contribution < 1.29 is 4.74 Å². The van der Waals surface area contributed by atoms with Gasteiger partial charge in [-0.15, -0.1) is 0 Å². The lowest BCUT2D eigenvalue weighted by Crippen LogP contribution is -2.42. The van der Waals surface area contributed by atoms with Crippen LogP contribution in [0.3, 0.4) is 0 Å². The maximum Gasteiger partial charge on any atom is 0.104 e. The standard InChI is InChI=1S/C32H37N3O/c1-21-22(2)36-23(3)27-18-32(4,31(33)30(21)27)20-34-16-14-24(15-17-34)28-19-35(25-10-6-5-7-11-25)29-13-9-8-12-26(28)29/h5-13,19,24H,14-18,20,33H2,1-4H3. The molecule has 3 aromatic rings. The minimum Gasteiger partial charge on any atom is -0.466 e. The van der Waals surface area contributed by atoms with Crippen molar-refractivity contribution >= 4 is 10.9 Å². The molecule has 0 amide bonds. The van der Waals surface area contributed by atoms with Gasteiger partial charge in [0.1, 0.15) is 11.5 Å². The molecule has 1 atom stereocenters. The number of fused-ring (bicyclic) bond motifs is 2. The van der Waals surface area contributed by atoms with Crippen LogP contribution in [0.2, 0.25) is 0 Å². The predicted molar refractivity (Wildman–Crippen MR) is 148 cm³/mol. The number of aromatic nitrogens is 1. The van der Waals surface area contributed by atoms with E-state index in [0.29, 0.717) is 5.92 Å². The summed E-state index contributed by atoms with van der Waals surface area (Å²) in [5.74, 6) is 2.58. The Labute approximate surface area is 214 Å². The smallest absolute Gasteiger partial charge is 0.104 e. The van der Waals surface area contributed by atoms with Gasteiger partial charge in [0.05, 0.1) is 5.52 Å². The highest BCUT2D eigenvalue weighted by Gasteiger charge is 2.43. The number of hydrogen-bond acceptors (Lipinski definition) is 3. The monoisotopic (exact) mass is 479 g/mol. The van der Waals surface area contributed by atoms with Crippen molar-refractivity contribution in [3.8, 4) is 5.69 Å². The van der Waals surface area contributed by atoms with Gasteiger partial charge in [0.25, 0.3) is 0 Å². The lowest BCUT2D eigenvalue weighted by molar-refractivity contribution is 0.155. The van der Waals surface area contributed by atoms with Gasteiger partial charge in [-0.05, 0) is 88.4 Å². The van der Waals surface area contributed by atoms with Gasteiger partial charge in [-0.3, -0.25) is 0 Å². The number of para-hydroxylation sites is 2. The minimum atomic E-state index is -0.0443. The number of nitrogens with zero attached hydrogens (tertiary/aromatic N) is 2. The number of nitrogens with two attached hydrogens (primary N) is 1. The van der Waals surface area contributed by atoms with Gasteiger partial charge in [0.15, 0.2) is 0 Å². The Hall–Kier alpha value is -3.24. The fourth-order valence-electron chi connectivity index (χ4n) is 6.68. The van der Waals surface area contributed by atoms with E-state index in [4.69, 9.17) is 10.5 Å². The van der Waals surface area contributed by atoms with Crippen molar-refractivity contribution in [3.05, 3.63) is 100 Å². The van der Waals surface area contributed by atoms with E-state index in [1.54, 1.807) is 0 Å². The van der Waals surface area contributed by atoms with Gasteiger partial charge in [-0.25, -0.2) is 0 Å². The van der Waals surface area contributed by atoms with Crippen LogP contribution in [0.15, 0.2) is 94.7 Å². The van der Waals surface area contributed by atoms with Crippen molar-refractivity contribution in [2.75, 3.05) is 19.6 Å². The summed E-state index contributed by atoms with van der Waals surface area (Å²) in [5.41, 5.74) is 15.6. The zero-order chi connectivity index (χ0) is 25.0. The maximum absolute atomic E-state index is 6.86. The van der Waals surface area contributed by atoms with Crippen molar-refractivity contribution in [2.24, 2.45) is 11.1 Å².